The van der Waals surface area contributed by atoms with Gasteiger partial charge in [-0.3, -0.25) is 9.59 Å². The number of nitro groups is 1. The highest BCUT2D eigenvalue weighted by Crippen LogP contribution is 2.35. The fourth-order valence-electron chi connectivity index (χ4n) is 3.06. The first kappa shape index (κ1) is 25.0. The maximum absolute atomic E-state index is 13.1. The van der Waals surface area contributed by atoms with Gasteiger partial charge in [0.25, 0.3) is 11.8 Å². The lowest BCUT2D eigenvalue weighted by Crippen LogP contribution is -2.27. The molecule has 2 aromatic heterocycles. The van der Waals surface area contributed by atoms with Crippen molar-refractivity contribution >= 4 is 39.9 Å². The van der Waals surface area contributed by atoms with Crippen LogP contribution in [-0.4, -0.2) is 58.1 Å². The van der Waals surface area contributed by atoms with Gasteiger partial charge >= 0.3 is 11.8 Å². The van der Waals surface area contributed by atoms with Gasteiger partial charge in [0.1, 0.15) is 5.00 Å². The molecule has 11 nitrogen and oxygen atoms in total. The number of carbonyl (C=O) groups excluding carboxylic acids is 3. The van der Waals surface area contributed by atoms with Crippen molar-refractivity contribution in [3.8, 4) is 0 Å². The Hall–Kier alpha value is -3.28. The predicted molar refractivity (Wildman–Crippen MR) is 119 cm³/mol. The fourth-order valence-corrected chi connectivity index (χ4v) is 4.28. The zero-order chi connectivity index (χ0) is 24.2. The molecule has 0 aromatic carbocycles. The molecule has 1 unspecified atom stereocenters. The van der Waals surface area contributed by atoms with Gasteiger partial charge < -0.3 is 25.1 Å². The minimum absolute atomic E-state index is 0.125. The smallest absolute Gasteiger partial charge is 0.390 e. The predicted octanol–water partition coefficient (Wildman–Crippen LogP) is 3.33. The van der Waals surface area contributed by atoms with Gasteiger partial charge in [-0.25, -0.2) is 4.79 Å². The van der Waals surface area contributed by atoms with Gasteiger partial charge in [0.15, 0.2) is 6.04 Å². The summed E-state index contributed by atoms with van der Waals surface area (Å²) in [7, 11) is 3.19. The number of rotatable bonds is 9. The van der Waals surface area contributed by atoms with Crippen LogP contribution in [0.15, 0.2) is 6.07 Å². The highest BCUT2D eigenvalue weighted by molar-refractivity contribution is 7.18. The van der Waals surface area contributed by atoms with Crippen LogP contribution in [0, 0.1) is 24.0 Å². The number of aryl methyl sites for hydroxylation is 1. The van der Waals surface area contributed by atoms with E-state index in [1.807, 2.05) is 6.92 Å². The number of hydrogen-bond donors (Lipinski definition) is 1. The van der Waals surface area contributed by atoms with Gasteiger partial charge in [0.2, 0.25) is 0 Å². The van der Waals surface area contributed by atoms with Crippen LogP contribution >= 0.6 is 11.3 Å². The first-order valence-electron chi connectivity index (χ1n) is 10.1. The van der Waals surface area contributed by atoms with Gasteiger partial charge in [0.05, 0.1) is 33.9 Å². The second-order valence-electron chi connectivity index (χ2n) is 7.35. The standard InChI is InChI=1S/C20H27N5O6S/c1-7-9-31-20(28)15-12(4)16(19(27)23(5)6)32-18(15)21-17(26)13(8-2)24-11(3)10-14(22-24)25(29)30/h10,13H,7-9H2,1-6H3,(H,21,26). The molecule has 1 atom stereocenters. The van der Waals surface area contributed by atoms with Crippen LogP contribution in [0.1, 0.15) is 64.0 Å². The second kappa shape index (κ2) is 10.4. The Morgan fingerprint density at radius 3 is 2.47 bits per heavy atom. The highest BCUT2D eigenvalue weighted by Gasteiger charge is 2.31. The van der Waals surface area contributed by atoms with E-state index in [2.05, 4.69) is 10.4 Å². The summed E-state index contributed by atoms with van der Waals surface area (Å²) in [5.41, 5.74) is 0.996. The van der Waals surface area contributed by atoms with E-state index in [0.717, 1.165) is 11.3 Å². The number of aromatic nitrogens is 2. The number of esters is 1. The van der Waals surface area contributed by atoms with Gasteiger partial charge in [-0.05, 0) is 37.2 Å². The van der Waals surface area contributed by atoms with Crippen LogP contribution in [-0.2, 0) is 9.53 Å². The molecule has 0 radical (unpaired) electrons. The van der Waals surface area contributed by atoms with Crippen LogP contribution in [0.3, 0.4) is 0 Å². The van der Waals surface area contributed by atoms with Crippen molar-refractivity contribution in [3.63, 3.8) is 0 Å². The zero-order valence-corrected chi connectivity index (χ0v) is 19.7. The third kappa shape index (κ3) is 5.13. The number of ether oxygens (including phenoxy) is 1. The Morgan fingerprint density at radius 2 is 1.97 bits per heavy atom. The van der Waals surface area contributed by atoms with E-state index in [1.54, 1.807) is 34.9 Å². The van der Waals surface area contributed by atoms with Crippen molar-refractivity contribution in [2.75, 3.05) is 26.0 Å². The van der Waals surface area contributed by atoms with E-state index in [0.29, 0.717) is 29.0 Å². The van der Waals surface area contributed by atoms with E-state index in [1.165, 1.54) is 15.6 Å². The minimum atomic E-state index is -0.849. The summed E-state index contributed by atoms with van der Waals surface area (Å²) in [6.45, 7) is 7.05. The van der Waals surface area contributed by atoms with Crippen LogP contribution in [0.5, 0.6) is 0 Å². The molecule has 174 valence electrons. The zero-order valence-electron chi connectivity index (χ0n) is 18.9. The molecule has 2 aromatic rings. The molecule has 0 aliphatic heterocycles. The number of nitrogens with zero attached hydrogens (tertiary/aromatic N) is 4. The summed E-state index contributed by atoms with van der Waals surface area (Å²) in [5.74, 6) is -1.80. The van der Waals surface area contributed by atoms with Crippen molar-refractivity contribution in [3.05, 3.63) is 37.9 Å². The number of amides is 2. The molecule has 12 heteroatoms. The van der Waals surface area contributed by atoms with Gasteiger partial charge in [0, 0.05) is 14.1 Å². The lowest BCUT2D eigenvalue weighted by Gasteiger charge is -2.14. The van der Waals surface area contributed by atoms with Gasteiger partial charge in [-0.1, -0.05) is 13.8 Å². The van der Waals surface area contributed by atoms with Crippen molar-refractivity contribution in [2.24, 2.45) is 0 Å². The largest absolute Gasteiger partial charge is 0.462 e. The Labute approximate surface area is 189 Å². The summed E-state index contributed by atoms with van der Waals surface area (Å²) >= 11 is 0.988. The Kier molecular flexibility index (Phi) is 8.08. The van der Waals surface area contributed by atoms with Gasteiger partial charge in [-0.2, -0.15) is 4.68 Å². The van der Waals surface area contributed by atoms with Crippen molar-refractivity contribution in [2.45, 2.75) is 46.6 Å². The normalized spacial score (nSPS) is 11.7. The molecule has 32 heavy (non-hydrogen) atoms. The Bertz CT molecular complexity index is 1040. The monoisotopic (exact) mass is 465 g/mol. The molecule has 0 aliphatic carbocycles. The molecule has 2 heterocycles. The average Bonchev–Trinajstić information content (AvgIpc) is 3.26. The third-order valence-electron chi connectivity index (χ3n) is 4.71. The molecule has 1 N–H and O–H groups in total. The SMILES string of the molecule is CCCOC(=O)c1c(NC(=O)C(CC)n2nc([N+](=O)[O-])cc2C)sc(C(=O)N(C)C)c1C. The first-order chi connectivity index (χ1) is 15.0. The van der Waals surface area contributed by atoms with Crippen LogP contribution < -0.4 is 5.32 Å². The maximum atomic E-state index is 13.1. The fraction of sp³-hybridized carbons (Fsp3) is 0.500. The number of thiophene rings is 1. The highest BCUT2D eigenvalue weighted by atomic mass is 32.1. The minimum Gasteiger partial charge on any atom is -0.462 e. The van der Waals surface area contributed by atoms with E-state index >= 15 is 0 Å². The van der Waals surface area contributed by atoms with Crippen LogP contribution in [0.25, 0.3) is 0 Å². The second-order valence-corrected chi connectivity index (χ2v) is 8.38. The summed E-state index contributed by atoms with van der Waals surface area (Å²) in [6.07, 6.45) is 0.921. The molecule has 0 bridgehead atoms. The summed E-state index contributed by atoms with van der Waals surface area (Å²) in [5, 5.41) is 17.9. The molecule has 0 saturated heterocycles. The first-order valence-corrected chi connectivity index (χ1v) is 10.9. The van der Waals surface area contributed by atoms with Crippen LogP contribution in [0.4, 0.5) is 10.8 Å². The Morgan fingerprint density at radius 1 is 1.31 bits per heavy atom. The molecular weight excluding hydrogens is 438 g/mol. The number of nitrogens with one attached hydrogen (secondary N) is 1. The van der Waals surface area contributed by atoms with E-state index < -0.39 is 22.8 Å². The molecule has 0 aliphatic rings. The lowest BCUT2D eigenvalue weighted by molar-refractivity contribution is -0.389. The Balaban J connectivity index is 2.45. The van der Waals surface area contributed by atoms with Crippen molar-refractivity contribution < 1.29 is 24.0 Å². The number of anilines is 1. The topological polar surface area (TPSA) is 137 Å². The third-order valence-corrected chi connectivity index (χ3v) is 5.90. The van der Waals surface area contributed by atoms with Crippen molar-refractivity contribution in [1.29, 1.82) is 0 Å². The molecule has 2 rings (SSSR count). The van der Waals surface area contributed by atoms with E-state index in [-0.39, 0.29) is 28.9 Å². The number of hydrogen-bond acceptors (Lipinski definition) is 8. The van der Waals surface area contributed by atoms with Crippen molar-refractivity contribution in [1.82, 2.24) is 14.7 Å². The maximum Gasteiger partial charge on any atom is 0.390 e. The average molecular weight is 466 g/mol. The summed E-state index contributed by atoms with van der Waals surface area (Å²) in [6, 6.07) is 0.436. The van der Waals surface area contributed by atoms with Gasteiger partial charge in [-0.15, -0.1) is 11.3 Å². The number of carbonyl (C=O) groups is 3. The lowest BCUT2D eigenvalue weighted by atomic mass is 10.1. The summed E-state index contributed by atoms with van der Waals surface area (Å²) in [4.78, 5) is 50.5. The molecule has 0 fully saturated rings. The molecular formula is C20H27N5O6S. The summed E-state index contributed by atoms with van der Waals surface area (Å²) < 4.78 is 6.54. The molecule has 0 saturated carbocycles. The van der Waals surface area contributed by atoms with Crippen LogP contribution in [0.2, 0.25) is 0 Å². The quantitative estimate of drug-likeness (QED) is 0.341. The van der Waals surface area contributed by atoms with E-state index in [4.69, 9.17) is 4.74 Å². The molecule has 0 spiro atoms. The van der Waals surface area contributed by atoms with E-state index in [9.17, 15) is 24.5 Å². The molecule has 2 amide bonds.